The van der Waals surface area contributed by atoms with E-state index in [2.05, 4.69) is 5.32 Å². The highest BCUT2D eigenvalue weighted by atomic mass is 32.1. The molecule has 0 unspecified atom stereocenters. The largest absolute Gasteiger partial charge is 0.352 e. The van der Waals surface area contributed by atoms with Gasteiger partial charge in [0.15, 0.2) is 0 Å². The minimum atomic E-state index is -0.423. The molecule has 2 aromatic heterocycles. The van der Waals surface area contributed by atoms with Crippen molar-refractivity contribution in [2.75, 3.05) is 0 Å². The average Bonchev–Trinajstić information content (AvgIpc) is 3.38. The molecule has 2 heterocycles. The zero-order chi connectivity index (χ0) is 19.5. The second kappa shape index (κ2) is 8.14. The molecule has 1 N–H and O–H groups in total. The molecule has 0 bridgehead atoms. The first-order valence-electron chi connectivity index (χ1n) is 9.67. The van der Waals surface area contributed by atoms with Crippen LogP contribution >= 0.6 is 11.3 Å². The molecule has 4 rings (SSSR count). The molecule has 0 spiro atoms. The molecule has 0 aliphatic heterocycles. The van der Waals surface area contributed by atoms with Crippen LogP contribution in [0.15, 0.2) is 51.4 Å². The third-order valence-electron chi connectivity index (χ3n) is 5.33. The van der Waals surface area contributed by atoms with Crippen molar-refractivity contribution in [1.29, 1.82) is 0 Å². The van der Waals surface area contributed by atoms with E-state index in [0.717, 1.165) is 31.2 Å². The van der Waals surface area contributed by atoms with Gasteiger partial charge in [0, 0.05) is 12.6 Å². The lowest BCUT2D eigenvalue weighted by atomic mass is 10.1. The maximum atomic E-state index is 13.0. The zero-order valence-electron chi connectivity index (χ0n) is 15.6. The second-order valence-electron chi connectivity index (χ2n) is 7.24. The number of aromatic nitrogens is 2. The number of rotatable bonds is 6. The van der Waals surface area contributed by atoms with Crippen molar-refractivity contribution in [3.63, 3.8) is 0 Å². The Balaban J connectivity index is 1.63. The molecule has 0 saturated heterocycles. The molecular weight excluding hydrogens is 374 g/mol. The number of fused-ring (bicyclic) bond motifs is 1. The van der Waals surface area contributed by atoms with E-state index in [4.69, 9.17) is 0 Å². The molecule has 7 heteroatoms. The molecule has 1 fully saturated rings. The third-order valence-corrected chi connectivity index (χ3v) is 6.22. The van der Waals surface area contributed by atoms with Gasteiger partial charge in [-0.3, -0.25) is 18.7 Å². The van der Waals surface area contributed by atoms with Crippen LogP contribution < -0.4 is 16.6 Å². The summed E-state index contributed by atoms with van der Waals surface area (Å²) in [6.45, 7) is 0.230. The molecule has 3 aromatic rings. The minimum Gasteiger partial charge on any atom is -0.352 e. The monoisotopic (exact) mass is 397 g/mol. The number of carbonyl (C=O) groups excluding carboxylic acids is 1. The van der Waals surface area contributed by atoms with Gasteiger partial charge in [0.05, 0.1) is 5.52 Å². The van der Waals surface area contributed by atoms with Gasteiger partial charge in [-0.05, 0) is 36.3 Å². The second-order valence-corrected chi connectivity index (χ2v) is 8.16. The highest BCUT2D eigenvalue weighted by molar-refractivity contribution is 7.17. The summed E-state index contributed by atoms with van der Waals surface area (Å²) >= 11 is 1.31. The summed E-state index contributed by atoms with van der Waals surface area (Å²) < 4.78 is 3.21. The molecule has 1 amide bonds. The molecule has 1 saturated carbocycles. The summed E-state index contributed by atoms with van der Waals surface area (Å²) in [5, 5.41) is 4.81. The number of nitrogens with one attached hydrogen (secondary N) is 1. The number of hydrogen-bond donors (Lipinski definition) is 1. The van der Waals surface area contributed by atoms with Crippen molar-refractivity contribution in [1.82, 2.24) is 14.5 Å². The van der Waals surface area contributed by atoms with Gasteiger partial charge >= 0.3 is 5.69 Å². The van der Waals surface area contributed by atoms with Gasteiger partial charge in [0.25, 0.3) is 5.56 Å². The van der Waals surface area contributed by atoms with Crippen LogP contribution in [0.5, 0.6) is 0 Å². The van der Waals surface area contributed by atoms with Crippen LogP contribution in [0.1, 0.15) is 31.2 Å². The van der Waals surface area contributed by atoms with E-state index in [1.165, 1.54) is 20.5 Å². The Morgan fingerprint density at radius 1 is 1.07 bits per heavy atom. The topological polar surface area (TPSA) is 73.1 Å². The molecule has 28 heavy (non-hydrogen) atoms. The van der Waals surface area contributed by atoms with Crippen molar-refractivity contribution in [2.24, 2.45) is 0 Å². The lowest BCUT2D eigenvalue weighted by molar-refractivity contribution is -0.122. The molecular formula is C21H23N3O3S. The van der Waals surface area contributed by atoms with Crippen LogP contribution in [0.25, 0.3) is 10.2 Å². The van der Waals surface area contributed by atoms with E-state index in [9.17, 15) is 14.4 Å². The maximum absolute atomic E-state index is 13.0. The fourth-order valence-electron chi connectivity index (χ4n) is 3.86. The fraction of sp³-hybridized carbons (Fsp3) is 0.381. The minimum absolute atomic E-state index is 0.0613. The lowest BCUT2D eigenvalue weighted by Gasteiger charge is -2.15. The van der Waals surface area contributed by atoms with Gasteiger partial charge in [0.1, 0.15) is 11.2 Å². The van der Waals surface area contributed by atoms with Gasteiger partial charge in [-0.25, -0.2) is 4.79 Å². The smallest absolute Gasteiger partial charge is 0.332 e. The van der Waals surface area contributed by atoms with Gasteiger partial charge in [-0.2, -0.15) is 0 Å². The summed E-state index contributed by atoms with van der Waals surface area (Å²) in [5.74, 6) is -0.172. The molecule has 0 atom stereocenters. The number of carbonyl (C=O) groups is 1. The van der Waals surface area contributed by atoms with E-state index in [1.807, 2.05) is 30.3 Å². The van der Waals surface area contributed by atoms with Gasteiger partial charge in [-0.1, -0.05) is 43.2 Å². The first kappa shape index (κ1) is 18.7. The standard InChI is InChI=1S/C21H23N3O3S/c25-18(22-16-8-4-5-9-16)14-24-17-11-13-28-19(17)20(26)23(21(24)27)12-10-15-6-2-1-3-7-15/h1-3,6-7,11,13,16H,4-5,8-10,12,14H2,(H,22,25). The van der Waals surface area contributed by atoms with Crippen LogP contribution in [-0.2, 0) is 24.3 Å². The highest BCUT2D eigenvalue weighted by Gasteiger charge is 2.20. The Kier molecular flexibility index (Phi) is 5.43. The highest BCUT2D eigenvalue weighted by Crippen LogP contribution is 2.18. The molecule has 0 radical (unpaired) electrons. The Hall–Kier alpha value is -2.67. The summed E-state index contributed by atoms with van der Waals surface area (Å²) in [7, 11) is 0. The van der Waals surface area contributed by atoms with Crippen LogP contribution in [0.4, 0.5) is 0 Å². The van der Waals surface area contributed by atoms with Gasteiger partial charge in [-0.15, -0.1) is 11.3 Å². The average molecular weight is 398 g/mol. The summed E-state index contributed by atoms with van der Waals surface area (Å²) in [4.78, 5) is 38.4. The third kappa shape index (κ3) is 3.80. The normalized spacial score (nSPS) is 14.6. The molecule has 146 valence electrons. The van der Waals surface area contributed by atoms with Crippen molar-refractivity contribution >= 4 is 27.5 Å². The number of amides is 1. The van der Waals surface area contributed by atoms with Crippen LogP contribution in [-0.4, -0.2) is 21.1 Å². The van der Waals surface area contributed by atoms with Crippen LogP contribution in [0.2, 0.25) is 0 Å². The number of aryl methyl sites for hydroxylation is 1. The van der Waals surface area contributed by atoms with Gasteiger partial charge in [0.2, 0.25) is 5.91 Å². The van der Waals surface area contributed by atoms with Gasteiger partial charge < -0.3 is 5.32 Å². The number of thiophene rings is 1. The predicted octanol–water partition coefficient (Wildman–Crippen LogP) is 2.53. The Labute approximate surface area is 166 Å². The summed E-state index contributed by atoms with van der Waals surface area (Å²) in [5.41, 5.74) is 0.898. The Morgan fingerprint density at radius 3 is 2.57 bits per heavy atom. The van der Waals surface area contributed by atoms with Crippen molar-refractivity contribution < 1.29 is 4.79 Å². The fourth-order valence-corrected chi connectivity index (χ4v) is 4.70. The molecule has 1 aliphatic rings. The van der Waals surface area contributed by atoms with Crippen LogP contribution in [0, 0.1) is 0 Å². The van der Waals surface area contributed by atoms with Crippen molar-refractivity contribution in [2.45, 2.75) is 51.2 Å². The summed E-state index contributed by atoms with van der Waals surface area (Å²) in [6.07, 6.45) is 4.82. The van der Waals surface area contributed by atoms with Crippen molar-refractivity contribution in [3.8, 4) is 0 Å². The maximum Gasteiger partial charge on any atom is 0.332 e. The zero-order valence-corrected chi connectivity index (χ0v) is 16.4. The van der Waals surface area contributed by atoms with E-state index in [0.29, 0.717) is 23.2 Å². The first-order valence-corrected chi connectivity index (χ1v) is 10.6. The quantitative estimate of drug-likeness (QED) is 0.695. The van der Waals surface area contributed by atoms with E-state index < -0.39 is 5.69 Å². The van der Waals surface area contributed by atoms with E-state index in [1.54, 1.807) is 11.4 Å². The Bertz CT molecular complexity index is 1090. The first-order chi connectivity index (χ1) is 13.6. The number of benzene rings is 1. The molecule has 6 nitrogen and oxygen atoms in total. The summed E-state index contributed by atoms with van der Waals surface area (Å²) in [6, 6.07) is 11.7. The Morgan fingerprint density at radius 2 is 1.82 bits per heavy atom. The van der Waals surface area contributed by atoms with Crippen LogP contribution in [0.3, 0.4) is 0 Å². The SMILES string of the molecule is O=C(Cn1c(=O)n(CCc2ccccc2)c(=O)c2sccc21)NC1CCCC1. The van der Waals surface area contributed by atoms with E-state index >= 15 is 0 Å². The van der Waals surface area contributed by atoms with E-state index in [-0.39, 0.29) is 24.1 Å². The molecule has 1 aliphatic carbocycles. The predicted molar refractivity (Wildman–Crippen MR) is 111 cm³/mol. The number of nitrogens with zero attached hydrogens (tertiary/aromatic N) is 2. The molecule has 1 aromatic carbocycles. The van der Waals surface area contributed by atoms with Crippen molar-refractivity contribution in [3.05, 3.63) is 68.2 Å². The number of hydrogen-bond acceptors (Lipinski definition) is 4. The lowest BCUT2D eigenvalue weighted by Crippen LogP contribution is -2.43.